The molecule has 3 rings (SSSR count). The van der Waals surface area contributed by atoms with E-state index in [1.54, 1.807) is 32.4 Å². The molecule has 0 radical (unpaired) electrons. The van der Waals surface area contributed by atoms with E-state index in [0.29, 0.717) is 41.4 Å². The van der Waals surface area contributed by atoms with Gasteiger partial charge in [-0.15, -0.1) is 0 Å². The number of methoxy groups -OCH3 is 4. The quantitative estimate of drug-likeness (QED) is 0.183. The summed E-state index contributed by atoms with van der Waals surface area (Å²) in [6.07, 6.45) is -3.97. The average molecular weight is 648 g/mol. The Bertz CT molecular complexity index is 1480. The second-order valence-corrected chi connectivity index (χ2v) is 9.62. The Hall–Kier alpha value is -5.27. The van der Waals surface area contributed by atoms with Crippen LogP contribution in [0.5, 0.6) is 23.0 Å². The SMILES string of the molecule is COc1cc(CC(=O)NC(N)=N[C@H](Cc2ccccc2)C(=O)CCc2ccc(OC)c(OC)c2)cc(OC)c1.O=C(O)C(F)(F)F. The molecule has 0 heterocycles. The number of hydrogen-bond donors (Lipinski definition) is 3. The molecule has 0 fully saturated rings. The Balaban J connectivity index is 0.000000942. The molecule has 0 aliphatic carbocycles. The Labute approximate surface area is 264 Å². The highest BCUT2D eigenvalue weighted by Gasteiger charge is 2.38. The third-order valence-corrected chi connectivity index (χ3v) is 6.33. The van der Waals surface area contributed by atoms with Crippen molar-refractivity contribution in [1.29, 1.82) is 0 Å². The lowest BCUT2D eigenvalue weighted by Gasteiger charge is -2.15. The van der Waals surface area contributed by atoms with Gasteiger partial charge in [0.1, 0.15) is 17.5 Å². The molecule has 0 aromatic heterocycles. The summed E-state index contributed by atoms with van der Waals surface area (Å²) >= 11 is 0. The molecule has 14 heteroatoms. The zero-order valence-corrected chi connectivity index (χ0v) is 25.7. The third-order valence-electron chi connectivity index (χ3n) is 6.33. The fourth-order valence-electron chi connectivity index (χ4n) is 4.08. The maximum Gasteiger partial charge on any atom is 0.490 e. The number of hydrogen-bond acceptors (Lipinski definition) is 8. The maximum absolute atomic E-state index is 13.3. The molecule has 0 saturated heterocycles. The van der Waals surface area contributed by atoms with Gasteiger partial charge in [-0.3, -0.25) is 14.9 Å². The van der Waals surface area contributed by atoms with Crippen LogP contribution in [0, 0.1) is 0 Å². The number of nitrogens with zero attached hydrogens (tertiary/aromatic N) is 1. The van der Waals surface area contributed by atoms with E-state index in [0.717, 1.165) is 11.1 Å². The molecule has 46 heavy (non-hydrogen) atoms. The number of carbonyl (C=O) groups is 3. The van der Waals surface area contributed by atoms with Gasteiger partial charge in [-0.2, -0.15) is 13.2 Å². The van der Waals surface area contributed by atoms with Gasteiger partial charge < -0.3 is 29.8 Å². The number of benzene rings is 3. The zero-order valence-electron chi connectivity index (χ0n) is 25.7. The largest absolute Gasteiger partial charge is 0.497 e. The number of aliphatic carboxylic acids is 1. The second kappa shape index (κ2) is 17.9. The molecule has 1 atom stereocenters. The number of halogens is 3. The molecule has 0 bridgehead atoms. The van der Waals surface area contributed by atoms with E-state index in [9.17, 15) is 22.8 Å². The lowest BCUT2D eigenvalue weighted by molar-refractivity contribution is -0.192. The number of amides is 1. The Morgan fingerprint density at radius 1 is 0.826 bits per heavy atom. The number of nitrogens with one attached hydrogen (secondary N) is 1. The van der Waals surface area contributed by atoms with E-state index < -0.39 is 18.2 Å². The fourth-order valence-corrected chi connectivity index (χ4v) is 4.08. The van der Waals surface area contributed by atoms with Crippen LogP contribution in [0.15, 0.2) is 71.7 Å². The van der Waals surface area contributed by atoms with Crippen LogP contribution in [0.25, 0.3) is 0 Å². The number of carboxylic acids is 1. The lowest BCUT2D eigenvalue weighted by atomic mass is 9.98. The van der Waals surface area contributed by atoms with Crippen LogP contribution in [-0.2, 0) is 33.6 Å². The van der Waals surface area contributed by atoms with Crippen molar-refractivity contribution in [3.05, 3.63) is 83.4 Å². The molecule has 248 valence electrons. The van der Waals surface area contributed by atoms with Crippen molar-refractivity contribution in [2.24, 2.45) is 10.7 Å². The van der Waals surface area contributed by atoms with Gasteiger partial charge in [-0.05, 0) is 47.4 Å². The molecule has 0 spiro atoms. The van der Waals surface area contributed by atoms with Crippen molar-refractivity contribution < 1.29 is 51.6 Å². The molecular weight excluding hydrogens is 611 g/mol. The minimum absolute atomic E-state index is 0.0282. The first-order chi connectivity index (χ1) is 21.8. The molecule has 0 unspecified atom stereocenters. The van der Waals surface area contributed by atoms with E-state index in [-0.39, 0.29) is 30.5 Å². The van der Waals surface area contributed by atoms with Crippen LogP contribution < -0.4 is 30.0 Å². The van der Waals surface area contributed by atoms with Crippen molar-refractivity contribution in [2.75, 3.05) is 28.4 Å². The average Bonchev–Trinajstić information content (AvgIpc) is 3.03. The molecular formula is C32H36F3N3O8. The van der Waals surface area contributed by atoms with E-state index >= 15 is 0 Å². The monoisotopic (exact) mass is 647 g/mol. The second-order valence-electron chi connectivity index (χ2n) is 9.62. The summed E-state index contributed by atoms with van der Waals surface area (Å²) in [4.78, 5) is 39.3. The fraction of sp³-hybridized carbons (Fsp3) is 0.312. The van der Waals surface area contributed by atoms with Crippen molar-refractivity contribution in [3.63, 3.8) is 0 Å². The number of guanidine groups is 1. The van der Waals surface area contributed by atoms with E-state index in [4.69, 9.17) is 34.6 Å². The summed E-state index contributed by atoms with van der Waals surface area (Å²) in [5.41, 5.74) is 8.65. The number of aryl methyl sites for hydroxylation is 1. The number of ether oxygens (including phenoxy) is 4. The van der Waals surface area contributed by atoms with Gasteiger partial charge in [0.2, 0.25) is 5.91 Å². The van der Waals surface area contributed by atoms with E-state index in [1.165, 1.54) is 14.2 Å². The number of alkyl halides is 3. The highest BCUT2D eigenvalue weighted by molar-refractivity contribution is 5.98. The molecule has 3 aromatic rings. The van der Waals surface area contributed by atoms with Crippen LogP contribution in [0.4, 0.5) is 13.2 Å². The first-order valence-corrected chi connectivity index (χ1v) is 13.7. The van der Waals surface area contributed by atoms with E-state index in [1.807, 2.05) is 48.5 Å². The summed E-state index contributed by atoms with van der Waals surface area (Å²) in [6, 6.07) is 19.6. The first kappa shape index (κ1) is 36.9. The van der Waals surface area contributed by atoms with Gasteiger partial charge in [-0.25, -0.2) is 9.79 Å². The molecule has 0 aliphatic heterocycles. The molecule has 1 amide bonds. The van der Waals surface area contributed by atoms with E-state index in [2.05, 4.69) is 10.3 Å². The van der Waals surface area contributed by atoms with Crippen LogP contribution in [0.1, 0.15) is 23.1 Å². The van der Waals surface area contributed by atoms with Gasteiger partial charge in [0, 0.05) is 18.9 Å². The van der Waals surface area contributed by atoms with Crippen LogP contribution in [-0.4, -0.2) is 69.4 Å². The van der Waals surface area contributed by atoms with Crippen LogP contribution in [0.3, 0.4) is 0 Å². The van der Waals surface area contributed by atoms with Crippen molar-refractivity contribution >= 4 is 23.6 Å². The molecule has 4 N–H and O–H groups in total. The molecule has 3 aromatic carbocycles. The van der Waals surface area contributed by atoms with Gasteiger partial charge in [0.15, 0.2) is 23.2 Å². The smallest absolute Gasteiger partial charge is 0.490 e. The predicted molar refractivity (Wildman–Crippen MR) is 164 cm³/mol. The van der Waals surface area contributed by atoms with Gasteiger partial charge in [0.05, 0.1) is 34.9 Å². The highest BCUT2D eigenvalue weighted by atomic mass is 19.4. The summed E-state index contributed by atoms with van der Waals surface area (Å²) in [7, 11) is 6.22. The highest BCUT2D eigenvalue weighted by Crippen LogP contribution is 2.28. The maximum atomic E-state index is 13.3. The summed E-state index contributed by atoms with van der Waals surface area (Å²) in [6.45, 7) is 0. The number of carboxylic acid groups (broad SMARTS) is 1. The van der Waals surface area contributed by atoms with Crippen LogP contribution in [0.2, 0.25) is 0 Å². The Kier molecular flexibility index (Phi) is 14.4. The normalized spacial score (nSPS) is 11.8. The van der Waals surface area contributed by atoms with Crippen molar-refractivity contribution in [3.8, 4) is 23.0 Å². The Morgan fingerprint density at radius 3 is 1.93 bits per heavy atom. The number of aliphatic imine (C=N–C) groups is 1. The summed E-state index contributed by atoms with van der Waals surface area (Å²) in [5.74, 6) is -0.977. The predicted octanol–water partition coefficient (Wildman–Crippen LogP) is 4.14. The molecule has 0 saturated carbocycles. The number of nitrogens with two attached hydrogens (primary N) is 1. The minimum Gasteiger partial charge on any atom is -0.497 e. The standard InChI is InChI=1S/C30H35N3O6.C2HF3O2/c1-36-23-14-22(15-24(19-23)37-2)18-29(35)33-30(31)32-25(16-20-8-6-5-7-9-20)26(34)12-10-21-11-13-27(38-3)28(17-21)39-4;3-2(4,5)1(6)7/h5-9,11,13-15,17,19,25H,10,12,16,18H2,1-4H3,(H3,31,32,33,35);(H,6,7)/t25-;/m1./s1. The number of ketones is 1. The topological polar surface area (TPSA) is 159 Å². The lowest BCUT2D eigenvalue weighted by Crippen LogP contribution is -2.40. The van der Waals surface area contributed by atoms with Crippen molar-refractivity contribution in [2.45, 2.75) is 37.9 Å². The van der Waals surface area contributed by atoms with Gasteiger partial charge in [0.25, 0.3) is 0 Å². The number of rotatable bonds is 13. The van der Waals surface area contributed by atoms with Crippen molar-refractivity contribution in [1.82, 2.24) is 5.32 Å². The van der Waals surface area contributed by atoms with Gasteiger partial charge in [-0.1, -0.05) is 36.4 Å². The molecule has 0 aliphatic rings. The third kappa shape index (κ3) is 12.4. The number of Topliss-reactive ketones (excluding diaryl/α,β-unsaturated/α-hetero) is 1. The zero-order chi connectivity index (χ0) is 34.3. The Morgan fingerprint density at radius 2 is 1.41 bits per heavy atom. The molecule has 11 nitrogen and oxygen atoms in total. The van der Waals surface area contributed by atoms with Gasteiger partial charge >= 0.3 is 12.1 Å². The summed E-state index contributed by atoms with van der Waals surface area (Å²) in [5, 5.41) is 9.73. The number of carbonyl (C=O) groups excluding carboxylic acids is 2. The minimum atomic E-state index is -5.08. The first-order valence-electron chi connectivity index (χ1n) is 13.7. The summed E-state index contributed by atoms with van der Waals surface area (Å²) < 4.78 is 52.9. The van der Waals surface area contributed by atoms with Crippen LogP contribution >= 0.6 is 0 Å².